The first-order valence-electron chi connectivity index (χ1n) is 6.35. The van der Waals surface area contributed by atoms with E-state index in [-0.39, 0.29) is 5.56 Å². The Morgan fingerprint density at radius 2 is 2.21 bits per heavy atom. The van der Waals surface area contributed by atoms with E-state index in [1.807, 2.05) is 0 Å². The molecular weight excluding hydrogens is 254 g/mol. The van der Waals surface area contributed by atoms with Crippen molar-refractivity contribution in [1.82, 2.24) is 0 Å². The highest BCUT2D eigenvalue weighted by Gasteiger charge is 2.25. The number of halogens is 2. The van der Waals surface area contributed by atoms with Crippen LogP contribution in [-0.2, 0) is 9.47 Å². The molecule has 1 aliphatic rings. The smallest absolute Gasteiger partial charge is 0.194 e. The third kappa shape index (κ3) is 3.36. The predicted molar refractivity (Wildman–Crippen MR) is 64.8 cm³/mol. The molecule has 0 bridgehead atoms. The molecule has 1 fully saturated rings. The number of benzene rings is 1. The second-order valence-corrected chi connectivity index (χ2v) is 4.54. The van der Waals surface area contributed by atoms with E-state index in [0.29, 0.717) is 13.0 Å². The van der Waals surface area contributed by atoms with Gasteiger partial charge in [0, 0.05) is 6.61 Å². The highest BCUT2D eigenvalue weighted by atomic mass is 19.2. The molecule has 1 heterocycles. The van der Waals surface area contributed by atoms with E-state index >= 15 is 0 Å². The molecule has 1 aromatic carbocycles. The van der Waals surface area contributed by atoms with Crippen molar-refractivity contribution in [2.75, 3.05) is 6.61 Å². The molecule has 0 amide bonds. The molecule has 2 rings (SSSR count). The number of Topliss-reactive ketones (excluding diaryl/α,β-unsaturated/α-hetero) is 1. The zero-order chi connectivity index (χ0) is 13.8. The number of carbonyl (C=O) groups is 1. The Kier molecular flexibility index (Phi) is 4.61. The van der Waals surface area contributed by atoms with Crippen molar-refractivity contribution in [3.05, 3.63) is 35.4 Å². The zero-order valence-electron chi connectivity index (χ0n) is 10.7. The monoisotopic (exact) mass is 270 g/mol. The van der Waals surface area contributed by atoms with Gasteiger partial charge in [-0.3, -0.25) is 4.79 Å². The molecule has 0 aromatic heterocycles. The van der Waals surface area contributed by atoms with Crippen molar-refractivity contribution in [3.8, 4) is 0 Å². The summed E-state index contributed by atoms with van der Waals surface area (Å²) in [6.45, 7) is 2.12. The van der Waals surface area contributed by atoms with Crippen LogP contribution in [0.4, 0.5) is 8.78 Å². The number of carbonyl (C=O) groups excluding carboxylic acids is 1. The van der Waals surface area contributed by atoms with Crippen LogP contribution < -0.4 is 0 Å². The van der Waals surface area contributed by atoms with Gasteiger partial charge >= 0.3 is 0 Å². The van der Waals surface area contributed by atoms with Crippen LogP contribution >= 0.6 is 0 Å². The summed E-state index contributed by atoms with van der Waals surface area (Å²) in [6, 6.07) is 3.53. The molecule has 1 aliphatic heterocycles. The highest BCUT2D eigenvalue weighted by Crippen LogP contribution is 2.19. The van der Waals surface area contributed by atoms with Crippen LogP contribution in [0, 0.1) is 11.6 Å². The molecule has 1 aromatic rings. The number of rotatable bonds is 4. The molecule has 0 spiro atoms. The SMILES string of the molecule is C[C@@H](OC1CCCCO1)C(=O)c1cccc(F)c1F. The summed E-state index contributed by atoms with van der Waals surface area (Å²) in [5, 5.41) is 0. The topological polar surface area (TPSA) is 35.5 Å². The lowest BCUT2D eigenvalue weighted by molar-refractivity contribution is -0.174. The van der Waals surface area contributed by atoms with E-state index in [2.05, 4.69) is 0 Å². The summed E-state index contributed by atoms with van der Waals surface area (Å²) >= 11 is 0. The van der Waals surface area contributed by atoms with Gasteiger partial charge in [-0.25, -0.2) is 8.78 Å². The summed E-state index contributed by atoms with van der Waals surface area (Å²) in [5.41, 5.74) is -0.289. The minimum Gasteiger partial charge on any atom is -0.353 e. The van der Waals surface area contributed by atoms with Crippen molar-refractivity contribution in [2.24, 2.45) is 0 Å². The van der Waals surface area contributed by atoms with Crippen LogP contribution in [0.25, 0.3) is 0 Å². The van der Waals surface area contributed by atoms with Crippen LogP contribution in [0.5, 0.6) is 0 Å². The summed E-state index contributed by atoms with van der Waals surface area (Å²) in [4.78, 5) is 12.0. The minimum absolute atomic E-state index is 0.289. The third-order valence-corrected chi connectivity index (χ3v) is 3.08. The lowest BCUT2D eigenvalue weighted by Crippen LogP contribution is -2.31. The third-order valence-electron chi connectivity index (χ3n) is 3.08. The van der Waals surface area contributed by atoms with E-state index in [1.54, 1.807) is 0 Å². The Hall–Kier alpha value is -1.33. The van der Waals surface area contributed by atoms with Crippen molar-refractivity contribution in [2.45, 2.75) is 38.6 Å². The largest absolute Gasteiger partial charge is 0.353 e. The summed E-state index contributed by atoms with van der Waals surface area (Å²) < 4.78 is 37.4. The second-order valence-electron chi connectivity index (χ2n) is 4.54. The normalized spacial score (nSPS) is 21.1. The van der Waals surface area contributed by atoms with Crippen molar-refractivity contribution in [3.63, 3.8) is 0 Å². The fraction of sp³-hybridized carbons (Fsp3) is 0.500. The second kappa shape index (κ2) is 6.21. The van der Waals surface area contributed by atoms with Gasteiger partial charge in [0.15, 0.2) is 23.7 Å². The quantitative estimate of drug-likeness (QED) is 0.789. The summed E-state index contributed by atoms with van der Waals surface area (Å²) in [5.74, 6) is -2.74. The first kappa shape index (κ1) is 14.1. The van der Waals surface area contributed by atoms with E-state index in [4.69, 9.17) is 9.47 Å². The highest BCUT2D eigenvalue weighted by molar-refractivity contribution is 5.99. The molecule has 0 N–H and O–H groups in total. The molecule has 1 unspecified atom stereocenters. The van der Waals surface area contributed by atoms with Gasteiger partial charge < -0.3 is 9.47 Å². The van der Waals surface area contributed by atoms with Gasteiger partial charge in [-0.1, -0.05) is 6.07 Å². The predicted octanol–water partition coefficient (Wildman–Crippen LogP) is 3.08. The van der Waals surface area contributed by atoms with Gasteiger partial charge in [0.05, 0.1) is 5.56 Å². The Morgan fingerprint density at radius 3 is 2.89 bits per heavy atom. The maximum absolute atomic E-state index is 13.5. The van der Waals surface area contributed by atoms with Crippen molar-refractivity contribution in [1.29, 1.82) is 0 Å². The molecule has 1 saturated heterocycles. The van der Waals surface area contributed by atoms with Crippen molar-refractivity contribution < 1.29 is 23.0 Å². The van der Waals surface area contributed by atoms with Crippen LogP contribution in [0.15, 0.2) is 18.2 Å². The van der Waals surface area contributed by atoms with Crippen LogP contribution in [0.2, 0.25) is 0 Å². The molecule has 0 aliphatic carbocycles. The molecule has 19 heavy (non-hydrogen) atoms. The fourth-order valence-corrected chi connectivity index (χ4v) is 2.02. The van der Waals surface area contributed by atoms with E-state index in [0.717, 1.165) is 18.9 Å². The number of ether oxygens (including phenoxy) is 2. The number of hydrogen-bond donors (Lipinski definition) is 0. The molecule has 0 saturated carbocycles. The average Bonchev–Trinajstić information content (AvgIpc) is 2.42. The van der Waals surface area contributed by atoms with Crippen LogP contribution in [-0.4, -0.2) is 24.8 Å². The number of hydrogen-bond acceptors (Lipinski definition) is 3. The molecular formula is C14H16F2O3. The average molecular weight is 270 g/mol. The van der Waals surface area contributed by atoms with Crippen molar-refractivity contribution >= 4 is 5.78 Å². The van der Waals surface area contributed by atoms with E-state index in [1.165, 1.54) is 19.1 Å². The van der Waals surface area contributed by atoms with Crippen LogP contribution in [0.3, 0.4) is 0 Å². The lowest BCUT2D eigenvalue weighted by Gasteiger charge is -2.25. The lowest BCUT2D eigenvalue weighted by atomic mass is 10.1. The maximum atomic E-state index is 13.5. The van der Waals surface area contributed by atoms with Crippen LogP contribution in [0.1, 0.15) is 36.5 Å². The molecule has 104 valence electrons. The fourth-order valence-electron chi connectivity index (χ4n) is 2.02. The Labute approximate surface area is 110 Å². The molecule has 3 nitrogen and oxygen atoms in total. The van der Waals surface area contributed by atoms with Gasteiger partial charge in [0.2, 0.25) is 0 Å². The van der Waals surface area contributed by atoms with Gasteiger partial charge in [-0.2, -0.15) is 0 Å². The Balaban J connectivity index is 2.03. The standard InChI is InChI=1S/C14H16F2O3/c1-9(19-12-7-2-3-8-18-12)14(17)10-5-4-6-11(15)13(10)16/h4-6,9,12H,2-3,7-8H2,1H3/t9-,12?/m1/s1. The van der Waals surface area contributed by atoms with E-state index < -0.39 is 29.8 Å². The maximum Gasteiger partial charge on any atom is 0.194 e. The minimum atomic E-state index is -1.13. The Bertz CT molecular complexity index is 456. The van der Waals surface area contributed by atoms with Gasteiger partial charge in [-0.15, -0.1) is 0 Å². The molecule has 0 radical (unpaired) electrons. The number of ketones is 1. The molecule has 5 heteroatoms. The van der Waals surface area contributed by atoms with Gasteiger partial charge in [0.25, 0.3) is 0 Å². The Morgan fingerprint density at radius 1 is 1.42 bits per heavy atom. The summed E-state index contributed by atoms with van der Waals surface area (Å²) in [7, 11) is 0. The summed E-state index contributed by atoms with van der Waals surface area (Å²) in [6.07, 6.45) is 1.35. The first-order chi connectivity index (χ1) is 9.09. The van der Waals surface area contributed by atoms with Gasteiger partial charge in [0.1, 0.15) is 6.10 Å². The first-order valence-corrected chi connectivity index (χ1v) is 6.35. The van der Waals surface area contributed by atoms with E-state index in [9.17, 15) is 13.6 Å². The zero-order valence-corrected chi connectivity index (χ0v) is 10.7. The molecule has 2 atom stereocenters. The van der Waals surface area contributed by atoms with Gasteiger partial charge in [-0.05, 0) is 38.3 Å².